The fourth-order valence-corrected chi connectivity index (χ4v) is 5.72. The third kappa shape index (κ3) is 4.15. The van der Waals surface area contributed by atoms with Crippen LogP contribution in [0.1, 0.15) is 41.4 Å². The van der Waals surface area contributed by atoms with Gasteiger partial charge in [0.25, 0.3) is 5.56 Å². The highest BCUT2D eigenvalue weighted by molar-refractivity contribution is 5.83. The fraction of sp³-hybridized carbons (Fsp3) is 0.407. The summed E-state index contributed by atoms with van der Waals surface area (Å²) in [6.07, 6.45) is 2.98. The first-order valence-electron chi connectivity index (χ1n) is 12.9. The van der Waals surface area contributed by atoms with Crippen molar-refractivity contribution < 1.29 is 14.2 Å². The Morgan fingerprint density at radius 2 is 1.89 bits per heavy atom. The average Bonchev–Trinajstić information content (AvgIpc) is 3.61. The third-order valence-electron chi connectivity index (χ3n) is 7.56. The molecule has 2 aromatic carbocycles. The van der Waals surface area contributed by atoms with Crippen molar-refractivity contribution in [3.05, 3.63) is 75.3 Å². The summed E-state index contributed by atoms with van der Waals surface area (Å²) < 4.78 is 19.2. The highest BCUT2D eigenvalue weighted by atomic mass is 16.6. The number of rotatable bonds is 5. The summed E-state index contributed by atoms with van der Waals surface area (Å²) in [6, 6.07) is 13.8. The molecule has 1 saturated heterocycles. The largest absolute Gasteiger partial charge is 0.486 e. The van der Waals surface area contributed by atoms with Gasteiger partial charge in [0.15, 0.2) is 17.3 Å². The molecule has 37 heavy (non-hydrogen) atoms. The van der Waals surface area contributed by atoms with E-state index in [1.165, 1.54) is 11.1 Å². The zero-order chi connectivity index (χ0) is 24.8. The van der Waals surface area contributed by atoms with Crippen LogP contribution in [0.3, 0.4) is 0 Å². The van der Waals surface area contributed by atoms with Crippen molar-refractivity contribution in [2.24, 2.45) is 0 Å². The van der Waals surface area contributed by atoms with Crippen LogP contribution in [-0.2, 0) is 24.2 Å². The maximum absolute atomic E-state index is 13.6. The van der Waals surface area contributed by atoms with E-state index >= 15 is 0 Å². The van der Waals surface area contributed by atoms with E-state index in [0.717, 1.165) is 37.8 Å². The van der Waals surface area contributed by atoms with Gasteiger partial charge in [0, 0.05) is 36.7 Å². The van der Waals surface area contributed by atoms with Crippen molar-refractivity contribution in [1.82, 2.24) is 30.1 Å². The van der Waals surface area contributed by atoms with E-state index in [1.54, 1.807) is 0 Å². The van der Waals surface area contributed by atoms with Crippen molar-refractivity contribution in [3.8, 4) is 11.5 Å². The van der Waals surface area contributed by atoms with Gasteiger partial charge in [-0.1, -0.05) is 24.3 Å². The van der Waals surface area contributed by atoms with Crippen molar-refractivity contribution in [3.63, 3.8) is 0 Å². The van der Waals surface area contributed by atoms with Crippen molar-refractivity contribution in [2.45, 2.75) is 44.5 Å². The molecule has 0 unspecified atom stereocenters. The number of nitrogens with zero attached hydrogens (tertiary/aromatic N) is 5. The quantitative estimate of drug-likeness (QED) is 0.446. The van der Waals surface area contributed by atoms with Crippen molar-refractivity contribution in [2.75, 3.05) is 26.4 Å². The minimum atomic E-state index is -0.425. The summed E-state index contributed by atoms with van der Waals surface area (Å²) in [5.41, 5.74) is 3.74. The molecule has 3 aliphatic heterocycles. The second-order valence-electron chi connectivity index (χ2n) is 9.88. The van der Waals surface area contributed by atoms with Crippen LogP contribution in [0.2, 0.25) is 0 Å². The van der Waals surface area contributed by atoms with Crippen LogP contribution in [-0.4, -0.2) is 62.6 Å². The molecule has 0 amide bonds. The second-order valence-corrected chi connectivity index (χ2v) is 9.88. The first kappa shape index (κ1) is 22.4. The van der Waals surface area contributed by atoms with Gasteiger partial charge in [-0.3, -0.25) is 9.69 Å². The summed E-state index contributed by atoms with van der Waals surface area (Å²) in [5.74, 6) is 1.98. The Bertz CT molecular complexity index is 1510. The molecule has 5 heterocycles. The molecule has 0 spiro atoms. The van der Waals surface area contributed by atoms with Crippen LogP contribution >= 0.6 is 0 Å². The third-order valence-corrected chi connectivity index (χ3v) is 7.56. The van der Waals surface area contributed by atoms with Crippen LogP contribution in [0.15, 0.2) is 47.3 Å². The maximum Gasteiger partial charge on any atom is 0.253 e. The van der Waals surface area contributed by atoms with Gasteiger partial charge < -0.3 is 19.2 Å². The highest BCUT2D eigenvalue weighted by Gasteiger charge is 2.33. The van der Waals surface area contributed by atoms with E-state index in [0.29, 0.717) is 54.7 Å². The van der Waals surface area contributed by atoms with Crippen LogP contribution in [0, 0.1) is 0 Å². The fourth-order valence-electron chi connectivity index (χ4n) is 5.72. The predicted octanol–water partition coefficient (Wildman–Crippen LogP) is 2.61. The molecule has 1 fully saturated rings. The number of pyridine rings is 1. The smallest absolute Gasteiger partial charge is 0.253 e. The molecule has 190 valence electrons. The monoisotopic (exact) mass is 500 g/mol. The molecule has 0 radical (unpaired) electrons. The Hall–Kier alpha value is -3.76. The van der Waals surface area contributed by atoms with Gasteiger partial charge in [-0.2, -0.15) is 0 Å². The summed E-state index contributed by atoms with van der Waals surface area (Å²) in [5, 5.41) is 13.7. The van der Waals surface area contributed by atoms with E-state index < -0.39 is 6.04 Å². The van der Waals surface area contributed by atoms with Crippen molar-refractivity contribution in [1.29, 1.82) is 0 Å². The maximum atomic E-state index is 13.6. The van der Waals surface area contributed by atoms with Gasteiger partial charge in [-0.15, -0.1) is 5.10 Å². The highest BCUT2D eigenvalue weighted by Crippen LogP contribution is 2.36. The number of hydrogen-bond donors (Lipinski definition) is 1. The molecule has 2 aromatic heterocycles. The molecule has 7 rings (SSSR count). The Kier molecular flexibility index (Phi) is 5.63. The molecular formula is C27H28N6O4. The molecular weight excluding hydrogens is 472 g/mol. The lowest BCUT2D eigenvalue weighted by atomic mass is 9.96. The van der Waals surface area contributed by atoms with Crippen molar-refractivity contribution >= 4 is 10.9 Å². The van der Waals surface area contributed by atoms with Gasteiger partial charge in [0.1, 0.15) is 19.3 Å². The number of aromatic amines is 1. The van der Waals surface area contributed by atoms with E-state index in [1.807, 2.05) is 22.9 Å². The molecule has 10 nitrogen and oxygen atoms in total. The number of aromatic nitrogens is 5. The minimum absolute atomic E-state index is 0.0727. The summed E-state index contributed by atoms with van der Waals surface area (Å²) in [4.78, 5) is 19.0. The zero-order valence-corrected chi connectivity index (χ0v) is 20.4. The molecule has 3 aliphatic rings. The summed E-state index contributed by atoms with van der Waals surface area (Å²) >= 11 is 0. The Morgan fingerprint density at radius 1 is 1.05 bits per heavy atom. The lowest BCUT2D eigenvalue weighted by Gasteiger charge is -2.35. The Balaban J connectivity index is 1.34. The Morgan fingerprint density at radius 3 is 2.73 bits per heavy atom. The number of hydrogen-bond acceptors (Lipinski definition) is 8. The van der Waals surface area contributed by atoms with Crippen LogP contribution in [0.5, 0.6) is 11.5 Å². The number of ether oxygens (including phenoxy) is 3. The average molecular weight is 501 g/mol. The summed E-state index contributed by atoms with van der Waals surface area (Å²) in [6.45, 7) is 3.80. The van der Waals surface area contributed by atoms with E-state index in [2.05, 4.69) is 49.7 Å². The molecule has 0 saturated carbocycles. The van der Waals surface area contributed by atoms with Gasteiger partial charge >= 0.3 is 0 Å². The van der Waals surface area contributed by atoms with Gasteiger partial charge in [-0.05, 0) is 52.9 Å². The topological polar surface area (TPSA) is 107 Å². The molecule has 10 heteroatoms. The van der Waals surface area contributed by atoms with E-state index in [9.17, 15) is 4.79 Å². The first-order valence-corrected chi connectivity index (χ1v) is 12.9. The van der Waals surface area contributed by atoms with Gasteiger partial charge in [0.2, 0.25) is 0 Å². The normalized spacial score (nSPS) is 20.2. The zero-order valence-electron chi connectivity index (χ0n) is 20.4. The Labute approximate surface area is 213 Å². The number of H-pyrrole nitrogens is 1. The number of tetrazole rings is 1. The van der Waals surface area contributed by atoms with Crippen LogP contribution in [0.4, 0.5) is 0 Å². The standard InChI is InChI=1S/C27H28N6O4/c34-27-21(12-19-13-23-24(14-22(19)28-27)37-11-10-36-23)25(32-8-7-17-4-1-2-5-18(17)15-32)26-29-30-31-33(26)16-20-6-3-9-35-20/h1-2,4-5,12-14,20,25H,3,6-11,15-16H2,(H,28,34)/t20-,25-/m1/s1. The molecule has 0 aliphatic carbocycles. The van der Waals surface area contributed by atoms with Crippen LogP contribution < -0.4 is 15.0 Å². The predicted molar refractivity (Wildman–Crippen MR) is 135 cm³/mol. The first-order chi connectivity index (χ1) is 18.2. The van der Waals surface area contributed by atoms with Gasteiger partial charge in [0.05, 0.1) is 18.2 Å². The van der Waals surface area contributed by atoms with Gasteiger partial charge in [-0.25, -0.2) is 4.68 Å². The van der Waals surface area contributed by atoms with Crippen LogP contribution in [0.25, 0.3) is 10.9 Å². The molecule has 1 N–H and O–H groups in total. The van der Waals surface area contributed by atoms with E-state index in [4.69, 9.17) is 14.2 Å². The van der Waals surface area contributed by atoms with E-state index in [-0.39, 0.29) is 11.7 Å². The number of benzene rings is 2. The second kappa shape index (κ2) is 9.28. The lowest BCUT2D eigenvalue weighted by Crippen LogP contribution is -2.39. The molecule has 4 aromatic rings. The SMILES string of the molecule is O=c1[nH]c2cc3c(cc2cc1[C@H](c1nnnn1C[C@H]1CCCO1)N1CCc2ccccc2C1)OCCO3. The number of fused-ring (bicyclic) bond motifs is 3. The molecule has 2 atom stereocenters. The number of nitrogens with one attached hydrogen (secondary N) is 1. The lowest BCUT2D eigenvalue weighted by molar-refractivity contribution is 0.0904. The summed E-state index contributed by atoms with van der Waals surface area (Å²) in [7, 11) is 0. The minimum Gasteiger partial charge on any atom is -0.486 e. The molecule has 0 bridgehead atoms.